The van der Waals surface area contributed by atoms with Gasteiger partial charge in [0.2, 0.25) is 0 Å². The van der Waals surface area contributed by atoms with Gasteiger partial charge in [0.15, 0.2) is 0 Å². The third kappa shape index (κ3) is 1.94. The van der Waals surface area contributed by atoms with E-state index in [9.17, 15) is 0 Å². The molecule has 1 unspecified atom stereocenters. The maximum absolute atomic E-state index is 5.80. The predicted octanol–water partition coefficient (Wildman–Crippen LogP) is 3.35. The van der Waals surface area contributed by atoms with E-state index in [4.69, 9.17) is 5.73 Å². The summed E-state index contributed by atoms with van der Waals surface area (Å²) in [5, 5.41) is 0. The molecule has 0 heterocycles. The van der Waals surface area contributed by atoms with Gasteiger partial charge >= 0.3 is 0 Å². The topological polar surface area (TPSA) is 26.0 Å². The molecule has 2 heteroatoms. The minimum atomic E-state index is 0.129. The van der Waals surface area contributed by atoms with Crippen LogP contribution in [0.3, 0.4) is 0 Å². The van der Waals surface area contributed by atoms with E-state index in [0.717, 1.165) is 5.92 Å². The van der Waals surface area contributed by atoms with Gasteiger partial charge in [-0.25, -0.2) is 0 Å². The maximum Gasteiger partial charge on any atom is 0.0266 e. The van der Waals surface area contributed by atoms with Crippen molar-refractivity contribution in [3.05, 3.63) is 33.8 Å². The van der Waals surface area contributed by atoms with Gasteiger partial charge in [0.05, 0.1) is 0 Å². The van der Waals surface area contributed by atoms with E-state index in [2.05, 4.69) is 34.1 Å². The number of hydrogen-bond acceptors (Lipinski definition) is 1. The zero-order valence-electron chi connectivity index (χ0n) is 7.76. The van der Waals surface area contributed by atoms with Gasteiger partial charge in [0, 0.05) is 10.5 Å². The molecule has 1 nitrogen and oxygen atoms in total. The van der Waals surface area contributed by atoms with Gasteiger partial charge in [-0.2, -0.15) is 0 Å². The second kappa shape index (κ2) is 3.43. The maximum atomic E-state index is 5.80. The number of benzene rings is 1. The van der Waals surface area contributed by atoms with E-state index in [1.807, 2.05) is 6.92 Å². The Balaban J connectivity index is 2.31. The summed E-state index contributed by atoms with van der Waals surface area (Å²) in [6.07, 6.45) is 2.69. The lowest BCUT2D eigenvalue weighted by molar-refractivity contribution is 0.816. The van der Waals surface area contributed by atoms with Crippen LogP contribution in [0.5, 0.6) is 0 Å². The first-order chi connectivity index (χ1) is 6.18. The average Bonchev–Trinajstić information content (AvgIpc) is 2.87. The van der Waals surface area contributed by atoms with Crippen molar-refractivity contribution in [3.8, 4) is 0 Å². The first-order valence-electron chi connectivity index (χ1n) is 4.73. The first-order valence-corrected chi connectivity index (χ1v) is 5.52. The molecule has 1 aliphatic carbocycles. The molecule has 1 fully saturated rings. The fraction of sp³-hybridized carbons (Fsp3) is 0.455. The van der Waals surface area contributed by atoms with Crippen molar-refractivity contribution in [2.24, 2.45) is 5.73 Å². The second-order valence-corrected chi connectivity index (χ2v) is 4.70. The average molecular weight is 240 g/mol. The Kier molecular flexibility index (Phi) is 2.43. The van der Waals surface area contributed by atoms with Gasteiger partial charge < -0.3 is 5.73 Å². The molecule has 2 rings (SSSR count). The molecule has 1 atom stereocenters. The molecule has 2 N–H and O–H groups in total. The van der Waals surface area contributed by atoms with Gasteiger partial charge in [-0.15, -0.1) is 0 Å². The minimum absolute atomic E-state index is 0.129. The van der Waals surface area contributed by atoms with E-state index >= 15 is 0 Å². The Morgan fingerprint density at radius 2 is 2.15 bits per heavy atom. The third-order valence-corrected chi connectivity index (χ3v) is 3.25. The van der Waals surface area contributed by atoms with Crippen molar-refractivity contribution in [1.29, 1.82) is 0 Å². The molecule has 0 spiro atoms. The van der Waals surface area contributed by atoms with Gasteiger partial charge in [-0.05, 0) is 42.9 Å². The lowest BCUT2D eigenvalue weighted by Gasteiger charge is -2.08. The molecule has 0 bridgehead atoms. The minimum Gasteiger partial charge on any atom is -0.324 e. The molecular weight excluding hydrogens is 226 g/mol. The van der Waals surface area contributed by atoms with Crippen molar-refractivity contribution in [3.63, 3.8) is 0 Å². The molecule has 13 heavy (non-hydrogen) atoms. The number of rotatable bonds is 2. The molecule has 1 aliphatic rings. The summed E-state index contributed by atoms with van der Waals surface area (Å²) in [7, 11) is 0. The summed E-state index contributed by atoms with van der Waals surface area (Å²) >= 11 is 3.60. The van der Waals surface area contributed by atoms with Crippen LogP contribution in [-0.4, -0.2) is 0 Å². The highest BCUT2D eigenvalue weighted by molar-refractivity contribution is 9.10. The van der Waals surface area contributed by atoms with Crippen LogP contribution >= 0.6 is 15.9 Å². The van der Waals surface area contributed by atoms with Crippen LogP contribution in [0.2, 0.25) is 0 Å². The van der Waals surface area contributed by atoms with Crippen LogP contribution in [-0.2, 0) is 0 Å². The standard InChI is InChI=1S/C11H14BrN/c1-7(13)9-4-5-10(8-2-3-8)11(12)6-9/h4-8H,2-3,13H2,1H3. The number of halogens is 1. The number of nitrogens with two attached hydrogens (primary N) is 1. The van der Waals surface area contributed by atoms with Crippen LogP contribution in [0.25, 0.3) is 0 Å². The lowest BCUT2D eigenvalue weighted by atomic mass is 10.0. The first kappa shape index (κ1) is 9.22. The molecule has 1 aromatic carbocycles. The Morgan fingerprint density at radius 1 is 1.46 bits per heavy atom. The smallest absolute Gasteiger partial charge is 0.0266 e. The zero-order chi connectivity index (χ0) is 9.42. The fourth-order valence-corrected chi connectivity index (χ4v) is 2.27. The summed E-state index contributed by atoms with van der Waals surface area (Å²) in [5.41, 5.74) is 8.46. The SMILES string of the molecule is CC(N)c1ccc(C2CC2)c(Br)c1. The summed E-state index contributed by atoms with van der Waals surface area (Å²) in [6, 6.07) is 6.63. The van der Waals surface area contributed by atoms with E-state index in [-0.39, 0.29) is 6.04 Å². The van der Waals surface area contributed by atoms with Crippen LogP contribution in [0, 0.1) is 0 Å². The molecule has 0 amide bonds. The zero-order valence-corrected chi connectivity index (χ0v) is 9.34. The summed E-state index contributed by atoms with van der Waals surface area (Å²) in [4.78, 5) is 0. The fourth-order valence-electron chi connectivity index (χ4n) is 1.55. The van der Waals surface area contributed by atoms with E-state index in [1.54, 1.807) is 0 Å². The summed E-state index contributed by atoms with van der Waals surface area (Å²) in [5.74, 6) is 0.802. The van der Waals surface area contributed by atoms with E-state index < -0.39 is 0 Å². The van der Waals surface area contributed by atoms with Crippen molar-refractivity contribution >= 4 is 15.9 Å². The highest BCUT2D eigenvalue weighted by Gasteiger charge is 2.25. The highest BCUT2D eigenvalue weighted by atomic mass is 79.9. The van der Waals surface area contributed by atoms with Crippen LogP contribution < -0.4 is 5.73 Å². The van der Waals surface area contributed by atoms with Crippen molar-refractivity contribution in [2.75, 3.05) is 0 Å². The summed E-state index contributed by atoms with van der Waals surface area (Å²) in [6.45, 7) is 2.01. The lowest BCUT2D eigenvalue weighted by Crippen LogP contribution is -2.04. The summed E-state index contributed by atoms with van der Waals surface area (Å²) < 4.78 is 1.23. The van der Waals surface area contributed by atoms with Gasteiger partial charge in [0.1, 0.15) is 0 Å². The highest BCUT2D eigenvalue weighted by Crippen LogP contribution is 2.43. The van der Waals surface area contributed by atoms with Crippen LogP contribution in [0.1, 0.15) is 42.9 Å². The molecule has 1 aromatic rings. The third-order valence-electron chi connectivity index (χ3n) is 2.57. The Morgan fingerprint density at radius 3 is 2.62 bits per heavy atom. The normalized spacial score (nSPS) is 18.7. The van der Waals surface area contributed by atoms with Gasteiger partial charge in [-0.3, -0.25) is 0 Å². The quantitative estimate of drug-likeness (QED) is 0.842. The molecule has 0 aromatic heterocycles. The van der Waals surface area contributed by atoms with E-state index in [0.29, 0.717) is 0 Å². The Labute approximate surface area is 87.5 Å². The van der Waals surface area contributed by atoms with Gasteiger partial charge in [-0.1, -0.05) is 28.1 Å². The van der Waals surface area contributed by atoms with Crippen molar-refractivity contribution in [1.82, 2.24) is 0 Å². The Hall–Kier alpha value is -0.340. The number of hydrogen-bond donors (Lipinski definition) is 1. The van der Waals surface area contributed by atoms with E-state index in [1.165, 1.54) is 28.4 Å². The largest absolute Gasteiger partial charge is 0.324 e. The molecular formula is C11H14BrN. The molecule has 0 radical (unpaired) electrons. The van der Waals surface area contributed by atoms with Crippen molar-refractivity contribution in [2.45, 2.75) is 31.7 Å². The Bertz CT molecular complexity index is 316. The predicted molar refractivity (Wildman–Crippen MR) is 58.7 cm³/mol. The second-order valence-electron chi connectivity index (χ2n) is 3.84. The van der Waals surface area contributed by atoms with Gasteiger partial charge in [0.25, 0.3) is 0 Å². The van der Waals surface area contributed by atoms with Crippen LogP contribution in [0.15, 0.2) is 22.7 Å². The van der Waals surface area contributed by atoms with Crippen molar-refractivity contribution < 1.29 is 0 Å². The monoisotopic (exact) mass is 239 g/mol. The molecule has 0 aliphatic heterocycles. The molecule has 1 saturated carbocycles. The molecule has 0 saturated heterocycles. The molecule has 70 valence electrons. The van der Waals surface area contributed by atoms with Crippen LogP contribution in [0.4, 0.5) is 0 Å².